The summed E-state index contributed by atoms with van der Waals surface area (Å²) in [6, 6.07) is 26.7. The van der Waals surface area contributed by atoms with Gasteiger partial charge in [0.2, 0.25) is 5.91 Å². The van der Waals surface area contributed by atoms with Crippen LogP contribution in [0.4, 0.5) is 24.7 Å². The predicted molar refractivity (Wildman–Crippen MR) is 181 cm³/mol. The first-order valence-corrected chi connectivity index (χ1v) is 15.7. The van der Waals surface area contributed by atoms with E-state index >= 15 is 0 Å². The summed E-state index contributed by atoms with van der Waals surface area (Å²) in [5.74, 6) is 1.40. The minimum Gasteiger partial charge on any atom is -0.457 e. The molecule has 0 bridgehead atoms. The van der Waals surface area contributed by atoms with E-state index in [1.54, 1.807) is 61.8 Å². The minimum absolute atomic E-state index is 0.000774. The van der Waals surface area contributed by atoms with Gasteiger partial charge in [-0.15, -0.1) is 0 Å². The number of ether oxygens (including phenoxy) is 1. The van der Waals surface area contributed by atoms with E-state index in [-0.39, 0.29) is 28.6 Å². The van der Waals surface area contributed by atoms with Crippen molar-refractivity contribution in [1.82, 2.24) is 14.5 Å². The smallest absolute Gasteiger partial charge is 0.416 e. The van der Waals surface area contributed by atoms with Gasteiger partial charge in [0.25, 0.3) is 5.91 Å². The van der Waals surface area contributed by atoms with E-state index in [2.05, 4.69) is 20.6 Å². The average molecular weight is 662 g/mol. The second kappa shape index (κ2) is 12.9. The van der Waals surface area contributed by atoms with E-state index in [1.807, 2.05) is 41.0 Å². The van der Waals surface area contributed by atoms with E-state index in [4.69, 9.17) is 4.74 Å². The van der Waals surface area contributed by atoms with Crippen molar-refractivity contribution in [2.45, 2.75) is 32.5 Å². The molecule has 0 atom stereocenters. The van der Waals surface area contributed by atoms with Crippen molar-refractivity contribution in [3.05, 3.63) is 132 Å². The molecule has 1 saturated carbocycles. The maximum Gasteiger partial charge on any atom is 0.416 e. The minimum atomic E-state index is -4.65. The highest BCUT2D eigenvalue weighted by molar-refractivity contribution is 6.13. The van der Waals surface area contributed by atoms with Crippen molar-refractivity contribution in [3.8, 4) is 22.8 Å². The third-order valence-corrected chi connectivity index (χ3v) is 8.32. The van der Waals surface area contributed by atoms with Gasteiger partial charge in [-0.05, 0) is 84.6 Å². The zero-order valence-electron chi connectivity index (χ0n) is 26.3. The number of carbonyl (C=O) groups is 2. The molecule has 2 aromatic heterocycles. The van der Waals surface area contributed by atoms with Crippen molar-refractivity contribution in [2.24, 2.45) is 5.92 Å². The third-order valence-electron chi connectivity index (χ3n) is 8.32. The summed E-state index contributed by atoms with van der Waals surface area (Å²) in [7, 11) is 0. The Kier molecular flexibility index (Phi) is 8.33. The van der Waals surface area contributed by atoms with Gasteiger partial charge >= 0.3 is 6.18 Å². The zero-order chi connectivity index (χ0) is 34.1. The monoisotopic (exact) mass is 661 g/mol. The van der Waals surface area contributed by atoms with Crippen LogP contribution in [0.5, 0.6) is 11.5 Å². The average Bonchev–Trinajstić information content (AvgIpc) is 3.88. The van der Waals surface area contributed by atoms with Gasteiger partial charge < -0.3 is 19.9 Å². The molecule has 0 saturated heterocycles. The van der Waals surface area contributed by atoms with Crippen molar-refractivity contribution < 1.29 is 27.5 Å². The first kappa shape index (κ1) is 31.6. The Morgan fingerprint density at radius 2 is 1.67 bits per heavy atom. The number of halogens is 3. The Balaban J connectivity index is 1.15. The predicted octanol–water partition coefficient (Wildman–Crippen LogP) is 8.87. The Morgan fingerprint density at radius 3 is 2.45 bits per heavy atom. The summed E-state index contributed by atoms with van der Waals surface area (Å²) in [5, 5.41) is 6.77. The van der Waals surface area contributed by atoms with Gasteiger partial charge in [0.15, 0.2) is 0 Å². The van der Waals surface area contributed by atoms with Gasteiger partial charge in [-0.25, -0.2) is 9.97 Å². The Bertz CT molecular complexity index is 2190. The molecule has 0 spiro atoms. The van der Waals surface area contributed by atoms with Crippen LogP contribution in [0.25, 0.3) is 22.0 Å². The normalized spacial score (nSPS) is 12.9. The lowest BCUT2D eigenvalue weighted by Crippen LogP contribution is -2.14. The van der Waals surface area contributed by atoms with Crippen LogP contribution in [0.3, 0.4) is 0 Å². The highest BCUT2D eigenvalue weighted by Gasteiger charge is 2.32. The number of hydrogen-bond donors (Lipinski definition) is 2. The number of nitrogens with one attached hydrogen (secondary N) is 2. The zero-order valence-corrected chi connectivity index (χ0v) is 26.3. The molecular formula is C38H30F3N5O3. The molecule has 0 aliphatic heterocycles. The Hall–Kier alpha value is -5.97. The highest BCUT2D eigenvalue weighted by atomic mass is 19.4. The molecule has 246 valence electrons. The number of benzene rings is 4. The number of nitrogens with zero attached hydrogens (tertiary/aromatic N) is 3. The van der Waals surface area contributed by atoms with Crippen LogP contribution in [-0.2, 0) is 17.5 Å². The summed E-state index contributed by atoms with van der Waals surface area (Å²) >= 11 is 0. The molecule has 6 aromatic rings. The van der Waals surface area contributed by atoms with E-state index in [9.17, 15) is 22.8 Å². The topological polar surface area (TPSA) is 98.1 Å². The standard InChI is InChI=1S/C38H30F3N5O3/c1-23-43-21-34(46(23)22-24-6-3-2-4-7-24)27-16-28(38(39,40)41)19-29(17-27)44-37(48)33-9-5-8-26-18-30(12-13-32(26)33)49-31-14-15-42-35(20-31)45-36(47)25-10-11-25/h2-9,12-21,25H,10-11,22H2,1H3,(H,44,48)(H,42,45,47). The van der Waals surface area contributed by atoms with Crippen LogP contribution in [0, 0.1) is 12.8 Å². The number of aryl methyl sites for hydroxylation is 1. The molecule has 2 amide bonds. The van der Waals surface area contributed by atoms with Gasteiger partial charge in [-0.3, -0.25) is 9.59 Å². The first-order chi connectivity index (χ1) is 23.6. The van der Waals surface area contributed by atoms with E-state index in [0.717, 1.165) is 30.5 Å². The molecule has 2 N–H and O–H groups in total. The molecule has 1 fully saturated rings. The maximum atomic E-state index is 14.1. The van der Waals surface area contributed by atoms with Gasteiger partial charge in [0, 0.05) is 41.5 Å². The van der Waals surface area contributed by atoms with Gasteiger partial charge in [-0.2, -0.15) is 13.2 Å². The Labute approximate surface area is 279 Å². The molecule has 0 radical (unpaired) electrons. The fraction of sp³-hybridized carbons (Fsp3) is 0.158. The molecule has 2 heterocycles. The lowest BCUT2D eigenvalue weighted by molar-refractivity contribution is -0.137. The van der Waals surface area contributed by atoms with Crippen LogP contribution >= 0.6 is 0 Å². The number of imidazole rings is 1. The van der Waals surface area contributed by atoms with Crippen LogP contribution < -0.4 is 15.4 Å². The molecule has 49 heavy (non-hydrogen) atoms. The van der Waals surface area contributed by atoms with E-state index in [1.165, 1.54) is 6.07 Å². The molecule has 4 aromatic carbocycles. The summed E-state index contributed by atoms with van der Waals surface area (Å²) < 4.78 is 50.2. The Morgan fingerprint density at radius 1 is 0.878 bits per heavy atom. The van der Waals surface area contributed by atoms with Crippen LogP contribution in [0.15, 0.2) is 109 Å². The van der Waals surface area contributed by atoms with E-state index in [0.29, 0.717) is 46.2 Å². The lowest BCUT2D eigenvalue weighted by Gasteiger charge is -2.16. The number of carbonyl (C=O) groups excluding carboxylic acids is 2. The number of pyridine rings is 1. The van der Waals surface area contributed by atoms with Gasteiger partial charge in [0.05, 0.1) is 17.5 Å². The fourth-order valence-electron chi connectivity index (χ4n) is 5.65. The van der Waals surface area contributed by atoms with Crippen molar-refractivity contribution >= 4 is 34.1 Å². The summed E-state index contributed by atoms with van der Waals surface area (Å²) in [6.45, 7) is 2.21. The quantitative estimate of drug-likeness (QED) is 0.161. The number of rotatable bonds is 9. The van der Waals surface area contributed by atoms with Crippen molar-refractivity contribution in [1.29, 1.82) is 0 Å². The molecule has 0 unspecified atom stereocenters. The number of aromatic nitrogens is 3. The maximum absolute atomic E-state index is 14.1. The molecular weight excluding hydrogens is 631 g/mol. The number of amides is 2. The summed E-state index contributed by atoms with van der Waals surface area (Å²) in [4.78, 5) is 34.3. The van der Waals surface area contributed by atoms with E-state index < -0.39 is 17.6 Å². The second-order valence-corrected chi connectivity index (χ2v) is 11.9. The molecule has 11 heteroatoms. The highest BCUT2D eigenvalue weighted by Crippen LogP contribution is 2.36. The van der Waals surface area contributed by atoms with Crippen LogP contribution in [0.2, 0.25) is 0 Å². The number of alkyl halides is 3. The second-order valence-electron chi connectivity index (χ2n) is 11.9. The van der Waals surface area contributed by atoms with Crippen molar-refractivity contribution in [2.75, 3.05) is 10.6 Å². The number of hydrogen-bond acceptors (Lipinski definition) is 5. The van der Waals surface area contributed by atoms with Gasteiger partial charge in [0.1, 0.15) is 23.1 Å². The number of fused-ring (bicyclic) bond motifs is 1. The van der Waals surface area contributed by atoms with Gasteiger partial charge in [-0.1, -0.05) is 42.5 Å². The van der Waals surface area contributed by atoms with Crippen LogP contribution in [0.1, 0.15) is 40.2 Å². The van der Waals surface area contributed by atoms with Crippen molar-refractivity contribution in [3.63, 3.8) is 0 Å². The molecule has 1 aliphatic carbocycles. The van der Waals surface area contributed by atoms with Crippen LogP contribution in [-0.4, -0.2) is 26.3 Å². The number of anilines is 2. The summed E-state index contributed by atoms with van der Waals surface area (Å²) in [6.07, 6.45) is 0.186. The molecule has 7 rings (SSSR count). The summed E-state index contributed by atoms with van der Waals surface area (Å²) in [5.41, 5.74) is 1.12. The fourth-order valence-corrected chi connectivity index (χ4v) is 5.65. The largest absolute Gasteiger partial charge is 0.457 e. The molecule has 1 aliphatic rings. The third kappa shape index (κ3) is 7.15. The SMILES string of the molecule is Cc1ncc(-c2cc(NC(=O)c3cccc4cc(Oc5ccnc(NC(=O)C6CC6)c5)ccc34)cc(C(F)(F)F)c2)n1Cc1ccccc1. The first-order valence-electron chi connectivity index (χ1n) is 15.7. The lowest BCUT2D eigenvalue weighted by atomic mass is 10.0. The molecule has 8 nitrogen and oxygen atoms in total.